The van der Waals surface area contributed by atoms with Crippen molar-refractivity contribution in [1.29, 1.82) is 0 Å². The van der Waals surface area contributed by atoms with E-state index in [1.165, 1.54) is 5.56 Å². The Hall–Kier alpha value is -3.44. The molecule has 2 aromatic carbocycles. The molecule has 1 fully saturated rings. The number of amides is 1. The van der Waals surface area contributed by atoms with Gasteiger partial charge in [0.25, 0.3) is 0 Å². The van der Waals surface area contributed by atoms with Crippen LogP contribution in [0.15, 0.2) is 85.1 Å². The van der Waals surface area contributed by atoms with Gasteiger partial charge < -0.3 is 14.5 Å². The van der Waals surface area contributed by atoms with E-state index in [0.29, 0.717) is 6.61 Å². The number of carbonyl (C=O) groups excluding carboxylic acids is 1. The van der Waals surface area contributed by atoms with Crippen LogP contribution in [0.2, 0.25) is 0 Å². The quantitative estimate of drug-likeness (QED) is 0.569. The summed E-state index contributed by atoms with van der Waals surface area (Å²) in [5.74, 6) is 0.815. The van der Waals surface area contributed by atoms with Gasteiger partial charge in [-0.3, -0.25) is 9.78 Å². The Balaban J connectivity index is 1.38. The Bertz CT molecular complexity index is 1000. The highest BCUT2D eigenvalue weighted by Crippen LogP contribution is 2.25. The van der Waals surface area contributed by atoms with Crippen molar-refractivity contribution < 1.29 is 9.53 Å². The Morgan fingerprint density at radius 1 is 1.03 bits per heavy atom. The number of nitrogens with zero attached hydrogens (tertiary/aromatic N) is 3. The number of ether oxygens (including phenoxy) is 1. The normalized spacial score (nSPS) is 17.1. The number of carbonyl (C=O) groups is 1. The van der Waals surface area contributed by atoms with Crippen LogP contribution in [0, 0.1) is 0 Å². The molecule has 1 amide bonds. The molecular weight excluding hydrogens is 386 g/mol. The minimum absolute atomic E-state index is 0.0393. The molecule has 1 unspecified atom stereocenters. The van der Waals surface area contributed by atoms with Crippen molar-refractivity contribution in [3.05, 3.63) is 102 Å². The number of piperazine rings is 1. The second kappa shape index (κ2) is 10.0. The van der Waals surface area contributed by atoms with Gasteiger partial charge >= 0.3 is 0 Å². The van der Waals surface area contributed by atoms with Crippen LogP contribution in [0.25, 0.3) is 6.08 Å². The summed E-state index contributed by atoms with van der Waals surface area (Å²) in [7, 11) is 2.10. The predicted molar refractivity (Wildman–Crippen MR) is 122 cm³/mol. The van der Waals surface area contributed by atoms with E-state index in [4.69, 9.17) is 4.74 Å². The van der Waals surface area contributed by atoms with Crippen LogP contribution < -0.4 is 4.74 Å². The third kappa shape index (κ3) is 5.58. The molecule has 1 aliphatic rings. The van der Waals surface area contributed by atoms with Crippen molar-refractivity contribution in [1.82, 2.24) is 14.8 Å². The van der Waals surface area contributed by atoms with Crippen molar-refractivity contribution in [2.24, 2.45) is 0 Å². The Morgan fingerprint density at radius 2 is 1.81 bits per heavy atom. The van der Waals surface area contributed by atoms with Crippen LogP contribution in [0.5, 0.6) is 5.75 Å². The van der Waals surface area contributed by atoms with Gasteiger partial charge in [-0.05, 0) is 48.5 Å². The van der Waals surface area contributed by atoms with E-state index in [9.17, 15) is 4.79 Å². The van der Waals surface area contributed by atoms with Gasteiger partial charge in [0.1, 0.15) is 12.4 Å². The van der Waals surface area contributed by atoms with Gasteiger partial charge in [0, 0.05) is 31.9 Å². The fourth-order valence-corrected chi connectivity index (χ4v) is 3.72. The average molecular weight is 414 g/mol. The Kier molecular flexibility index (Phi) is 6.75. The van der Waals surface area contributed by atoms with Gasteiger partial charge in [-0.1, -0.05) is 48.5 Å². The lowest BCUT2D eigenvalue weighted by Crippen LogP contribution is -2.48. The highest BCUT2D eigenvalue weighted by molar-refractivity contribution is 5.92. The number of likely N-dealkylation sites (N-methyl/N-ethyl adjacent to an activating group) is 1. The molecule has 0 spiro atoms. The molecule has 158 valence electrons. The minimum Gasteiger partial charge on any atom is -0.487 e. The molecule has 1 atom stereocenters. The average Bonchev–Trinajstić information content (AvgIpc) is 2.83. The number of aromatic nitrogens is 1. The summed E-state index contributed by atoms with van der Waals surface area (Å²) >= 11 is 0. The Morgan fingerprint density at radius 3 is 2.55 bits per heavy atom. The van der Waals surface area contributed by atoms with E-state index in [1.807, 2.05) is 71.6 Å². The molecule has 31 heavy (non-hydrogen) atoms. The predicted octanol–water partition coefficient (Wildman–Crippen LogP) is 4.19. The van der Waals surface area contributed by atoms with E-state index >= 15 is 0 Å². The number of benzene rings is 2. The maximum atomic E-state index is 13.0. The molecule has 1 saturated heterocycles. The SMILES string of the molecule is CN1CCN(C(=O)/C=C/c2ccc(OCc3ccccn3)cc2)C(c2ccccc2)C1. The maximum absolute atomic E-state index is 13.0. The van der Waals surface area contributed by atoms with E-state index in [-0.39, 0.29) is 11.9 Å². The van der Waals surface area contributed by atoms with Gasteiger partial charge in [0.15, 0.2) is 0 Å². The van der Waals surface area contributed by atoms with E-state index < -0.39 is 0 Å². The lowest BCUT2D eigenvalue weighted by molar-refractivity contribution is -0.130. The fraction of sp³-hybridized carbons (Fsp3) is 0.231. The first-order valence-corrected chi connectivity index (χ1v) is 10.5. The largest absolute Gasteiger partial charge is 0.487 e. The highest BCUT2D eigenvalue weighted by atomic mass is 16.5. The summed E-state index contributed by atoms with van der Waals surface area (Å²) < 4.78 is 5.77. The molecule has 0 aliphatic carbocycles. The lowest BCUT2D eigenvalue weighted by Gasteiger charge is -2.39. The molecule has 4 rings (SSSR count). The van der Waals surface area contributed by atoms with E-state index in [2.05, 4.69) is 29.1 Å². The van der Waals surface area contributed by atoms with Crippen LogP contribution in [0.3, 0.4) is 0 Å². The lowest BCUT2D eigenvalue weighted by atomic mass is 10.0. The second-order valence-electron chi connectivity index (χ2n) is 7.73. The van der Waals surface area contributed by atoms with Crippen LogP contribution in [-0.4, -0.2) is 47.4 Å². The molecule has 0 saturated carbocycles. The third-order valence-corrected chi connectivity index (χ3v) is 5.46. The van der Waals surface area contributed by atoms with Gasteiger partial charge in [0.2, 0.25) is 5.91 Å². The zero-order valence-electron chi connectivity index (χ0n) is 17.7. The third-order valence-electron chi connectivity index (χ3n) is 5.46. The first-order valence-electron chi connectivity index (χ1n) is 10.5. The first-order chi connectivity index (χ1) is 15.2. The number of hydrogen-bond acceptors (Lipinski definition) is 4. The van der Waals surface area contributed by atoms with Crippen molar-refractivity contribution in [3.8, 4) is 5.75 Å². The number of rotatable bonds is 6. The molecular formula is C26H27N3O2. The molecule has 0 N–H and O–H groups in total. The van der Waals surface area contributed by atoms with Crippen LogP contribution in [-0.2, 0) is 11.4 Å². The second-order valence-corrected chi connectivity index (χ2v) is 7.73. The number of pyridine rings is 1. The van der Waals surface area contributed by atoms with Crippen molar-refractivity contribution in [2.45, 2.75) is 12.6 Å². The summed E-state index contributed by atoms with van der Waals surface area (Å²) in [5.41, 5.74) is 3.02. The van der Waals surface area contributed by atoms with Gasteiger partial charge in [-0.15, -0.1) is 0 Å². The van der Waals surface area contributed by atoms with Crippen LogP contribution >= 0.6 is 0 Å². The smallest absolute Gasteiger partial charge is 0.247 e. The topological polar surface area (TPSA) is 45.7 Å². The fourth-order valence-electron chi connectivity index (χ4n) is 3.72. The molecule has 2 heterocycles. The zero-order chi connectivity index (χ0) is 21.5. The van der Waals surface area contributed by atoms with Crippen molar-refractivity contribution >= 4 is 12.0 Å². The minimum atomic E-state index is 0.0393. The number of hydrogen-bond donors (Lipinski definition) is 0. The van der Waals surface area contributed by atoms with Gasteiger partial charge in [-0.25, -0.2) is 0 Å². The monoisotopic (exact) mass is 413 g/mol. The van der Waals surface area contributed by atoms with Crippen molar-refractivity contribution in [2.75, 3.05) is 26.7 Å². The zero-order valence-corrected chi connectivity index (χ0v) is 17.7. The molecule has 5 heteroatoms. The molecule has 3 aromatic rings. The van der Waals surface area contributed by atoms with Gasteiger partial charge in [-0.2, -0.15) is 0 Å². The van der Waals surface area contributed by atoms with Crippen LogP contribution in [0.4, 0.5) is 0 Å². The first kappa shape index (κ1) is 20.8. The molecule has 0 radical (unpaired) electrons. The molecule has 1 aliphatic heterocycles. The standard InChI is InChI=1S/C26H27N3O2/c1-28-17-18-29(25(19-28)22-7-3-2-4-8-22)26(30)15-12-21-10-13-24(14-11-21)31-20-23-9-5-6-16-27-23/h2-16,25H,17-20H2,1H3/b15-12+. The molecule has 0 bridgehead atoms. The van der Waals surface area contributed by atoms with Gasteiger partial charge in [0.05, 0.1) is 11.7 Å². The van der Waals surface area contributed by atoms with Crippen molar-refractivity contribution in [3.63, 3.8) is 0 Å². The Labute approximate surface area is 183 Å². The summed E-state index contributed by atoms with van der Waals surface area (Å²) in [6.45, 7) is 2.87. The molecule has 1 aromatic heterocycles. The summed E-state index contributed by atoms with van der Waals surface area (Å²) in [5, 5.41) is 0. The summed E-state index contributed by atoms with van der Waals surface area (Å²) in [6, 6.07) is 23.8. The summed E-state index contributed by atoms with van der Waals surface area (Å²) in [6.07, 6.45) is 5.29. The summed E-state index contributed by atoms with van der Waals surface area (Å²) in [4.78, 5) is 21.5. The molecule has 5 nitrogen and oxygen atoms in total. The van der Waals surface area contributed by atoms with E-state index in [0.717, 1.165) is 36.6 Å². The maximum Gasteiger partial charge on any atom is 0.247 e. The highest BCUT2D eigenvalue weighted by Gasteiger charge is 2.28. The van der Waals surface area contributed by atoms with Crippen LogP contribution in [0.1, 0.15) is 22.9 Å². The van der Waals surface area contributed by atoms with E-state index in [1.54, 1.807) is 12.3 Å².